The molecule has 3 rings (SSSR count). The molecule has 20 heavy (non-hydrogen) atoms. The summed E-state index contributed by atoms with van der Waals surface area (Å²) >= 11 is 3.39. The zero-order chi connectivity index (χ0) is 14.1. The van der Waals surface area contributed by atoms with Gasteiger partial charge in [0, 0.05) is 55.5 Å². The highest BCUT2D eigenvalue weighted by atomic mass is 79.9. The molecule has 1 amide bonds. The van der Waals surface area contributed by atoms with Crippen LogP contribution in [0.5, 0.6) is 0 Å². The number of carbonyl (C=O) groups is 1. The summed E-state index contributed by atoms with van der Waals surface area (Å²) in [5, 5.41) is 3.31. The van der Waals surface area contributed by atoms with Gasteiger partial charge in [0.1, 0.15) is 0 Å². The standard InChI is InChI=1S/C14H19BrN4O/c15-10-1-2-13(12(7-10)14(16)20)19-5-3-18(4-6-19)11-8-17-9-11/h1-2,7,11,17H,3-6,8-9H2,(H2,16,20). The molecule has 2 aliphatic rings. The fourth-order valence-corrected chi connectivity index (χ4v) is 3.20. The summed E-state index contributed by atoms with van der Waals surface area (Å²) in [6, 6.07) is 6.44. The number of nitrogens with zero attached hydrogens (tertiary/aromatic N) is 2. The maximum atomic E-state index is 11.6. The number of nitrogens with one attached hydrogen (secondary N) is 1. The van der Waals surface area contributed by atoms with E-state index in [1.54, 1.807) is 6.07 Å². The molecule has 0 aliphatic carbocycles. The van der Waals surface area contributed by atoms with Gasteiger partial charge in [-0.25, -0.2) is 0 Å². The van der Waals surface area contributed by atoms with Crippen molar-refractivity contribution in [3.63, 3.8) is 0 Å². The average Bonchev–Trinajstić information content (AvgIpc) is 2.38. The van der Waals surface area contributed by atoms with Crippen LogP contribution < -0.4 is 16.0 Å². The molecule has 0 aromatic heterocycles. The van der Waals surface area contributed by atoms with Gasteiger partial charge in [0.2, 0.25) is 0 Å². The van der Waals surface area contributed by atoms with Crippen LogP contribution in [0, 0.1) is 0 Å². The van der Waals surface area contributed by atoms with Gasteiger partial charge in [-0.05, 0) is 18.2 Å². The first kappa shape index (κ1) is 13.9. The Hall–Kier alpha value is -1.11. The minimum atomic E-state index is -0.369. The Kier molecular flexibility index (Phi) is 3.96. The minimum absolute atomic E-state index is 0.369. The summed E-state index contributed by atoms with van der Waals surface area (Å²) < 4.78 is 0.884. The van der Waals surface area contributed by atoms with Crippen LogP contribution in [0.3, 0.4) is 0 Å². The van der Waals surface area contributed by atoms with Crippen LogP contribution >= 0.6 is 15.9 Å². The van der Waals surface area contributed by atoms with Crippen molar-refractivity contribution < 1.29 is 4.79 Å². The van der Waals surface area contributed by atoms with Crippen LogP contribution in [0.25, 0.3) is 0 Å². The second-order valence-electron chi connectivity index (χ2n) is 5.36. The molecule has 1 aromatic rings. The number of amides is 1. The van der Waals surface area contributed by atoms with Crippen LogP contribution in [-0.2, 0) is 0 Å². The van der Waals surface area contributed by atoms with Gasteiger partial charge < -0.3 is 16.0 Å². The number of benzene rings is 1. The maximum absolute atomic E-state index is 11.6. The molecule has 2 fully saturated rings. The van der Waals surface area contributed by atoms with Crippen LogP contribution in [0.4, 0.5) is 5.69 Å². The molecule has 0 unspecified atom stereocenters. The monoisotopic (exact) mass is 338 g/mol. The van der Waals surface area contributed by atoms with Crippen LogP contribution in [0.1, 0.15) is 10.4 Å². The predicted octanol–water partition coefficient (Wildman–Crippen LogP) is 0.642. The van der Waals surface area contributed by atoms with E-state index in [9.17, 15) is 4.79 Å². The first-order valence-electron chi connectivity index (χ1n) is 6.94. The zero-order valence-electron chi connectivity index (χ0n) is 11.3. The van der Waals surface area contributed by atoms with E-state index in [1.807, 2.05) is 12.1 Å². The molecule has 0 radical (unpaired) electrons. The fraction of sp³-hybridized carbons (Fsp3) is 0.500. The highest BCUT2D eigenvalue weighted by molar-refractivity contribution is 9.10. The van der Waals surface area contributed by atoms with E-state index in [2.05, 4.69) is 31.0 Å². The predicted molar refractivity (Wildman–Crippen MR) is 83.1 cm³/mol. The molecular formula is C14H19BrN4O. The van der Waals surface area contributed by atoms with Crippen molar-refractivity contribution >= 4 is 27.5 Å². The first-order chi connectivity index (χ1) is 9.65. The lowest BCUT2D eigenvalue weighted by Crippen LogP contribution is -2.61. The number of piperazine rings is 1. The fourth-order valence-electron chi connectivity index (χ4n) is 2.84. The summed E-state index contributed by atoms with van der Waals surface area (Å²) in [6.07, 6.45) is 0. The summed E-state index contributed by atoms with van der Waals surface area (Å²) in [5.41, 5.74) is 7.04. The van der Waals surface area contributed by atoms with Gasteiger partial charge in [-0.1, -0.05) is 15.9 Å². The molecule has 2 aliphatic heterocycles. The van der Waals surface area contributed by atoms with Gasteiger partial charge >= 0.3 is 0 Å². The molecular weight excluding hydrogens is 320 g/mol. The summed E-state index contributed by atoms with van der Waals surface area (Å²) in [7, 11) is 0. The Balaban J connectivity index is 1.72. The molecule has 0 saturated carbocycles. The Bertz CT molecular complexity index is 510. The first-order valence-corrected chi connectivity index (χ1v) is 7.73. The Labute approximate surface area is 127 Å². The van der Waals surface area contributed by atoms with E-state index in [0.717, 1.165) is 49.4 Å². The van der Waals surface area contributed by atoms with E-state index < -0.39 is 0 Å². The van der Waals surface area contributed by atoms with Gasteiger partial charge in [-0.3, -0.25) is 9.69 Å². The van der Waals surface area contributed by atoms with Crippen molar-refractivity contribution in [1.29, 1.82) is 0 Å². The van der Waals surface area contributed by atoms with Crippen molar-refractivity contribution in [3.8, 4) is 0 Å². The second-order valence-corrected chi connectivity index (χ2v) is 6.28. The number of hydrogen-bond donors (Lipinski definition) is 2. The number of halogens is 1. The molecule has 3 N–H and O–H groups in total. The number of hydrogen-bond acceptors (Lipinski definition) is 4. The van der Waals surface area contributed by atoms with E-state index in [-0.39, 0.29) is 5.91 Å². The lowest BCUT2D eigenvalue weighted by atomic mass is 10.1. The molecule has 0 spiro atoms. The highest BCUT2D eigenvalue weighted by Crippen LogP contribution is 2.26. The molecule has 108 valence electrons. The third-order valence-electron chi connectivity index (χ3n) is 4.16. The third-order valence-corrected chi connectivity index (χ3v) is 4.65. The lowest BCUT2D eigenvalue weighted by molar-refractivity contribution is 0.1000. The Morgan fingerprint density at radius 3 is 2.50 bits per heavy atom. The molecule has 1 aromatic carbocycles. The third kappa shape index (κ3) is 2.68. The van der Waals surface area contributed by atoms with Crippen molar-refractivity contribution in [2.75, 3.05) is 44.2 Å². The van der Waals surface area contributed by atoms with E-state index in [1.165, 1.54) is 0 Å². The molecule has 2 saturated heterocycles. The van der Waals surface area contributed by atoms with Gasteiger partial charge in [0.05, 0.1) is 5.56 Å². The quantitative estimate of drug-likeness (QED) is 0.849. The molecule has 0 atom stereocenters. The summed E-state index contributed by atoms with van der Waals surface area (Å²) in [6.45, 7) is 6.17. The Morgan fingerprint density at radius 1 is 1.25 bits per heavy atom. The van der Waals surface area contributed by atoms with Crippen LogP contribution in [0.15, 0.2) is 22.7 Å². The number of carbonyl (C=O) groups excluding carboxylic acids is 1. The second kappa shape index (κ2) is 5.71. The van der Waals surface area contributed by atoms with Gasteiger partial charge in [0.15, 0.2) is 0 Å². The van der Waals surface area contributed by atoms with Gasteiger partial charge in [-0.15, -0.1) is 0 Å². The Morgan fingerprint density at radius 2 is 1.95 bits per heavy atom. The van der Waals surface area contributed by atoms with Crippen molar-refractivity contribution in [1.82, 2.24) is 10.2 Å². The lowest BCUT2D eigenvalue weighted by Gasteiger charge is -2.44. The van der Waals surface area contributed by atoms with E-state index in [0.29, 0.717) is 11.6 Å². The maximum Gasteiger partial charge on any atom is 0.250 e. The van der Waals surface area contributed by atoms with Crippen molar-refractivity contribution in [2.24, 2.45) is 5.73 Å². The topological polar surface area (TPSA) is 61.6 Å². The normalized spacial score (nSPS) is 20.8. The number of anilines is 1. The molecule has 6 heteroatoms. The average molecular weight is 339 g/mol. The minimum Gasteiger partial charge on any atom is -0.368 e. The summed E-state index contributed by atoms with van der Waals surface area (Å²) in [4.78, 5) is 16.4. The molecule has 0 bridgehead atoms. The van der Waals surface area contributed by atoms with Crippen molar-refractivity contribution in [2.45, 2.75) is 6.04 Å². The molecule has 5 nitrogen and oxygen atoms in total. The summed E-state index contributed by atoms with van der Waals surface area (Å²) in [5.74, 6) is -0.369. The largest absolute Gasteiger partial charge is 0.368 e. The van der Waals surface area contributed by atoms with E-state index >= 15 is 0 Å². The van der Waals surface area contributed by atoms with Crippen molar-refractivity contribution in [3.05, 3.63) is 28.2 Å². The zero-order valence-corrected chi connectivity index (χ0v) is 12.9. The van der Waals surface area contributed by atoms with Gasteiger partial charge in [0.25, 0.3) is 5.91 Å². The van der Waals surface area contributed by atoms with Crippen LogP contribution in [0.2, 0.25) is 0 Å². The number of primary amides is 1. The van der Waals surface area contributed by atoms with E-state index in [4.69, 9.17) is 5.73 Å². The highest BCUT2D eigenvalue weighted by Gasteiger charge is 2.28. The van der Waals surface area contributed by atoms with Crippen LogP contribution in [-0.4, -0.2) is 56.1 Å². The smallest absolute Gasteiger partial charge is 0.250 e. The number of nitrogens with two attached hydrogens (primary N) is 1. The van der Waals surface area contributed by atoms with Gasteiger partial charge in [-0.2, -0.15) is 0 Å². The molecule has 2 heterocycles. The number of rotatable bonds is 3. The SMILES string of the molecule is NC(=O)c1cc(Br)ccc1N1CCN(C2CNC2)CC1.